The molecule has 13 heteroatoms. The highest BCUT2D eigenvalue weighted by Crippen LogP contribution is 2.36. The predicted molar refractivity (Wildman–Crippen MR) is 154 cm³/mol. The first kappa shape index (κ1) is 27.1. The zero-order valence-corrected chi connectivity index (χ0v) is 23.5. The Labute approximate surface area is 240 Å². The van der Waals surface area contributed by atoms with Gasteiger partial charge in [0.2, 0.25) is 11.8 Å². The van der Waals surface area contributed by atoms with Gasteiger partial charge >= 0.3 is 12.1 Å². The Balaban J connectivity index is 1.16. The number of esters is 1. The van der Waals surface area contributed by atoms with Crippen molar-refractivity contribution < 1.29 is 28.6 Å². The number of amides is 2. The van der Waals surface area contributed by atoms with Crippen molar-refractivity contribution >= 4 is 57.8 Å². The van der Waals surface area contributed by atoms with E-state index in [-0.39, 0.29) is 24.5 Å². The molecule has 3 aliphatic rings. The van der Waals surface area contributed by atoms with Crippen LogP contribution in [0.3, 0.4) is 0 Å². The van der Waals surface area contributed by atoms with Gasteiger partial charge in [0.15, 0.2) is 0 Å². The van der Waals surface area contributed by atoms with Crippen LogP contribution in [-0.4, -0.2) is 85.7 Å². The minimum atomic E-state index is -0.454. The van der Waals surface area contributed by atoms with Crippen LogP contribution >= 0.6 is 11.8 Å². The summed E-state index contributed by atoms with van der Waals surface area (Å²) in [6.07, 6.45) is 0.848. The van der Waals surface area contributed by atoms with Gasteiger partial charge in [-0.2, -0.15) is 0 Å². The topological polar surface area (TPSA) is 135 Å². The quantitative estimate of drug-likeness (QED) is 0.382. The number of nitrogens with zero attached hydrogens (tertiary/aromatic N) is 4. The zero-order chi connectivity index (χ0) is 28.5. The minimum absolute atomic E-state index is 0.0674. The summed E-state index contributed by atoms with van der Waals surface area (Å²) < 4.78 is 16.4. The minimum Gasteiger partial charge on any atom is -0.481 e. The summed E-state index contributed by atoms with van der Waals surface area (Å²) in [7, 11) is 1.57. The number of hydrogen-bond acceptors (Lipinski definition) is 11. The molecule has 1 aromatic carbocycles. The van der Waals surface area contributed by atoms with Crippen molar-refractivity contribution in [3.8, 4) is 5.88 Å². The van der Waals surface area contributed by atoms with Gasteiger partial charge in [-0.3, -0.25) is 19.5 Å². The second-order valence-electron chi connectivity index (χ2n) is 9.96. The largest absolute Gasteiger partial charge is 0.481 e. The van der Waals surface area contributed by atoms with E-state index in [1.54, 1.807) is 37.3 Å². The first-order chi connectivity index (χ1) is 19.9. The van der Waals surface area contributed by atoms with E-state index >= 15 is 0 Å². The maximum Gasteiger partial charge on any atom is 0.414 e. The molecule has 6 rings (SSSR count). The fourth-order valence-electron chi connectivity index (χ4n) is 5.42. The summed E-state index contributed by atoms with van der Waals surface area (Å²) in [5.74, 6) is 0.0748. The van der Waals surface area contributed by atoms with Crippen molar-refractivity contribution in [1.29, 1.82) is 0 Å². The fraction of sp³-hybridized carbons (Fsp3) is 0.393. The molecule has 3 aromatic rings. The Morgan fingerprint density at radius 2 is 2.07 bits per heavy atom. The first-order valence-electron chi connectivity index (χ1n) is 13.4. The molecule has 0 saturated carbocycles. The third-order valence-corrected chi connectivity index (χ3v) is 8.46. The molecule has 2 fully saturated rings. The molecule has 2 N–H and O–H groups in total. The van der Waals surface area contributed by atoms with Gasteiger partial charge in [-0.15, -0.1) is 11.8 Å². The van der Waals surface area contributed by atoms with Crippen molar-refractivity contribution in [1.82, 2.24) is 15.3 Å². The van der Waals surface area contributed by atoms with Crippen LogP contribution in [0.1, 0.15) is 6.92 Å². The number of rotatable bonds is 8. The smallest absolute Gasteiger partial charge is 0.414 e. The van der Waals surface area contributed by atoms with Crippen LogP contribution in [-0.2, 0) is 19.1 Å². The van der Waals surface area contributed by atoms with Gasteiger partial charge in [-0.05, 0) is 37.3 Å². The number of pyridine rings is 2. The molecular formula is C28H30N6O6S. The van der Waals surface area contributed by atoms with E-state index in [1.807, 2.05) is 24.3 Å². The molecule has 0 aliphatic carbocycles. The van der Waals surface area contributed by atoms with Crippen LogP contribution in [0, 0.1) is 5.92 Å². The highest BCUT2D eigenvalue weighted by atomic mass is 32.2. The van der Waals surface area contributed by atoms with E-state index in [2.05, 4.69) is 25.5 Å². The first-order valence-corrected chi connectivity index (χ1v) is 14.4. The van der Waals surface area contributed by atoms with E-state index in [0.717, 1.165) is 16.1 Å². The van der Waals surface area contributed by atoms with Crippen molar-refractivity contribution in [3.05, 3.63) is 42.6 Å². The number of fused-ring (bicyclic) bond motifs is 2. The Morgan fingerprint density at radius 1 is 1.20 bits per heavy atom. The molecule has 2 saturated heterocycles. The number of anilines is 3. The van der Waals surface area contributed by atoms with E-state index in [1.165, 1.54) is 11.8 Å². The fourth-order valence-corrected chi connectivity index (χ4v) is 6.21. The number of aromatic nitrogens is 2. The van der Waals surface area contributed by atoms with Crippen LogP contribution in [0.5, 0.6) is 5.88 Å². The third kappa shape index (κ3) is 5.46. The number of thioether (sulfide) groups is 1. The lowest BCUT2D eigenvalue weighted by atomic mass is 10.0. The van der Waals surface area contributed by atoms with Gasteiger partial charge in [0.25, 0.3) is 0 Å². The molecule has 3 aliphatic heterocycles. The maximum atomic E-state index is 13.0. The van der Waals surface area contributed by atoms with Crippen LogP contribution < -0.4 is 25.2 Å². The molecule has 5 heterocycles. The number of carbonyl (C=O) groups is 3. The van der Waals surface area contributed by atoms with Crippen LogP contribution in [0.15, 0.2) is 47.5 Å². The van der Waals surface area contributed by atoms with Gasteiger partial charge in [0.1, 0.15) is 11.6 Å². The zero-order valence-electron chi connectivity index (χ0n) is 22.7. The number of benzene rings is 1. The number of cyclic esters (lactones) is 1. The SMILES string of the molecule is CCOC(=O)[C@@H]1CN(c2ccnc3ccc(OC)nc23)C[C@H]1NC[C@H]1CN(c2ccc3c(c2)NC(=O)CS3)C(=O)O1. The predicted octanol–water partition coefficient (Wildman–Crippen LogP) is 2.67. The van der Waals surface area contributed by atoms with Gasteiger partial charge in [0.05, 0.1) is 48.8 Å². The molecule has 12 nitrogen and oxygen atoms in total. The normalized spacial score (nSPS) is 22.0. The summed E-state index contributed by atoms with van der Waals surface area (Å²) in [4.78, 5) is 51.2. The van der Waals surface area contributed by atoms with Crippen LogP contribution in [0.4, 0.5) is 21.9 Å². The van der Waals surface area contributed by atoms with Gasteiger partial charge < -0.3 is 29.7 Å². The van der Waals surface area contributed by atoms with Crippen molar-refractivity contribution in [2.75, 3.05) is 60.8 Å². The van der Waals surface area contributed by atoms with E-state index in [0.29, 0.717) is 54.7 Å². The van der Waals surface area contributed by atoms with Crippen LogP contribution in [0.2, 0.25) is 0 Å². The summed E-state index contributed by atoms with van der Waals surface area (Å²) >= 11 is 1.47. The summed E-state index contributed by atoms with van der Waals surface area (Å²) in [6.45, 7) is 3.73. The highest BCUT2D eigenvalue weighted by Gasteiger charge is 2.41. The average molecular weight is 579 g/mol. The third-order valence-electron chi connectivity index (χ3n) is 7.39. The maximum absolute atomic E-state index is 13.0. The van der Waals surface area contributed by atoms with Gasteiger partial charge in [-0.1, -0.05) is 0 Å². The number of ether oxygens (including phenoxy) is 3. The van der Waals surface area contributed by atoms with E-state index in [4.69, 9.17) is 14.2 Å². The Kier molecular flexibility index (Phi) is 7.54. The second-order valence-corrected chi connectivity index (χ2v) is 11.0. The standard InChI is InChI=1S/C28H30N6O6S/c1-3-39-27(36)18-13-33(22-8-9-29-19-5-7-25(38-2)32-26(19)22)14-21(18)30-11-17-12-34(28(37)40-17)16-4-6-23-20(10-16)31-24(35)15-41-23/h4-10,17-18,21,30H,3,11-15H2,1-2H3,(H,31,35)/t17-,18+,21+/m0/s1. The van der Waals surface area contributed by atoms with Gasteiger partial charge in [-0.25, -0.2) is 9.78 Å². The van der Waals surface area contributed by atoms with E-state index in [9.17, 15) is 14.4 Å². The molecule has 2 aromatic heterocycles. The molecule has 0 bridgehead atoms. The molecule has 0 spiro atoms. The van der Waals surface area contributed by atoms with Crippen LogP contribution in [0.25, 0.3) is 11.0 Å². The van der Waals surface area contributed by atoms with Gasteiger partial charge in [0, 0.05) is 48.5 Å². The average Bonchev–Trinajstić information content (AvgIpc) is 3.58. The highest BCUT2D eigenvalue weighted by molar-refractivity contribution is 8.00. The molecule has 2 amide bonds. The van der Waals surface area contributed by atoms with Crippen molar-refractivity contribution in [3.63, 3.8) is 0 Å². The molecule has 214 valence electrons. The number of nitrogens with one attached hydrogen (secondary N) is 2. The summed E-state index contributed by atoms with van der Waals surface area (Å²) in [6, 6.07) is 10.8. The molecule has 41 heavy (non-hydrogen) atoms. The molecule has 3 atom stereocenters. The lowest BCUT2D eigenvalue weighted by Gasteiger charge is -2.21. The number of hydrogen-bond donors (Lipinski definition) is 2. The second kappa shape index (κ2) is 11.4. The molecule has 0 radical (unpaired) electrons. The van der Waals surface area contributed by atoms with Crippen molar-refractivity contribution in [2.24, 2.45) is 5.92 Å². The Morgan fingerprint density at radius 3 is 2.90 bits per heavy atom. The summed E-state index contributed by atoms with van der Waals surface area (Å²) in [5.41, 5.74) is 3.62. The Bertz CT molecular complexity index is 1500. The molecular weight excluding hydrogens is 548 g/mol. The lowest BCUT2D eigenvalue weighted by Crippen LogP contribution is -2.44. The number of carbonyl (C=O) groups excluding carboxylic acids is 3. The van der Waals surface area contributed by atoms with Crippen molar-refractivity contribution in [2.45, 2.75) is 24.0 Å². The lowest BCUT2D eigenvalue weighted by molar-refractivity contribution is -0.147. The molecule has 0 unspecified atom stereocenters. The Hall–Kier alpha value is -4.10. The monoisotopic (exact) mass is 578 g/mol. The number of methoxy groups -OCH3 is 1. The summed E-state index contributed by atoms with van der Waals surface area (Å²) in [5, 5.41) is 6.32. The van der Waals surface area contributed by atoms with E-state index < -0.39 is 18.1 Å².